The van der Waals surface area contributed by atoms with Gasteiger partial charge < -0.3 is 4.74 Å². The molecule has 1 aliphatic heterocycles. The van der Waals surface area contributed by atoms with Crippen molar-refractivity contribution in [1.82, 2.24) is 0 Å². The molecule has 0 bridgehead atoms. The maximum absolute atomic E-state index is 10.9. The molecular weight excluding hydrogens is 140 g/mol. The van der Waals surface area contributed by atoms with Crippen molar-refractivity contribution in [3.8, 4) is 0 Å². The monoisotopic (exact) mass is 154 g/mol. The Morgan fingerprint density at radius 1 is 1.55 bits per heavy atom. The maximum Gasteiger partial charge on any atom is 0.331 e. The first-order chi connectivity index (χ1) is 5.12. The van der Waals surface area contributed by atoms with Crippen LogP contribution in [0.4, 0.5) is 0 Å². The van der Waals surface area contributed by atoms with E-state index < -0.39 is 0 Å². The third-order valence-corrected chi connectivity index (χ3v) is 2.35. The molecule has 0 amide bonds. The molecule has 1 rings (SSSR count). The molecule has 0 saturated heterocycles. The fourth-order valence-electron chi connectivity index (χ4n) is 1.39. The summed E-state index contributed by atoms with van der Waals surface area (Å²) in [5, 5.41) is 0. The van der Waals surface area contributed by atoms with Crippen molar-refractivity contribution < 1.29 is 9.53 Å². The molecule has 0 saturated carbocycles. The maximum atomic E-state index is 10.9. The van der Waals surface area contributed by atoms with Crippen molar-refractivity contribution in [3.63, 3.8) is 0 Å². The van der Waals surface area contributed by atoms with Crippen LogP contribution in [0.5, 0.6) is 0 Å². The second-order valence-electron chi connectivity index (χ2n) is 3.03. The number of rotatable bonds is 2. The van der Waals surface area contributed by atoms with E-state index in [1.165, 1.54) is 0 Å². The van der Waals surface area contributed by atoms with Crippen molar-refractivity contribution in [1.29, 1.82) is 0 Å². The first kappa shape index (κ1) is 8.31. The van der Waals surface area contributed by atoms with E-state index in [0.29, 0.717) is 0 Å². The third-order valence-electron chi connectivity index (χ3n) is 2.35. The number of carbonyl (C=O) groups excluding carboxylic acids is 1. The Labute approximate surface area is 67.2 Å². The summed E-state index contributed by atoms with van der Waals surface area (Å²) in [6, 6.07) is 0. The van der Waals surface area contributed by atoms with E-state index in [4.69, 9.17) is 4.74 Å². The van der Waals surface area contributed by atoms with Crippen molar-refractivity contribution in [2.24, 2.45) is 0 Å². The zero-order valence-corrected chi connectivity index (χ0v) is 7.31. The first-order valence-electron chi connectivity index (χ1n) is 4.06. The highest BCUT2D eigenvalue weighted by Gasteiger charge is 2.35. The van der Waals surface area contributed by atoms with Gasteiger partial charge in [0, 0.05) is 6.08 Å². The Balaban J connectivity index is 2.86. The lowest BCUT2D eigenvalue weighted by atomic mass is 9.92. The Kier molecular flexibility index (Phi) is 2.03. The molecule has 62 valence electrons. The van der Waals surface area contributed by atoms with Crippen molar-refractivity contribution >= 4 is 5.97 Å². The molecule has 2 nitrogen and oxygen atoms in total. The first-order valence-corrected chi connectivity index (χ1v) is 4.06. The van der Waals surface area contributed by atoms with Crippen molar-refractivity contribution in [2.45, 2.75) is 39.2 Å². The number of cyclic esters (lactones) is 1. The molecule has 11 heavy (non-hydrogen) atoms. The fraction of sp³-hybridized carbons (Fsp3) is 0.667. The standard InChI is InChI=1S/C9H14O2/c1-4-7-6-8(10)11-9(7,3)5-2/h6H,4-5H2,1-3H3. The van der Waals surface area contributed by atoms with Crippen LogP contribution in [0.2, 0.25) is 0 Å². The zero-order chi connectivity index (χ0) is 8.48. The summed E-state index contributed by atoms with van der Waals surface area (Å²) in [5.74, 6) is -0.189. The lowest BCUT2D eigenvalue weighted by Crippen LogP contribution is -2.26. The smallest absolute Gasteiger partial charge is 0.331 e. The lowest BCUT2D eigenvalue weighted by Gasteiger charge is -2.24. The van der Waals surface area contributed by atoms with E-state index in [0.717, 1.165) is 18.4 Å². The van der Waals surface area contributed by atoms with E-state index >= 15 is 0 Å². The number of ether oxygens (including phenoxy) is 1. The van der Waals surface area contributed by atoms with Crippen LogP contribution in [0.3, 0.4) is 0 Å². The molecule has 0 N–H and O–H groups in total. The second kappa shape index (κ2) is 2.68. The molecular formula is C9H14O2. The van der Waals surface area contributed by atoms with Crippen LogP contribution >= 0.6 is 0 Å². The average molecular weight is 154 g/mol. The van der Waals surface area contributed by atoms with Gasteiger partial charge >= 0.3 is 5.97 Å². The Morgan fingerprint density at radius 2 is 2.18 bits per heavy atom. The molecule has 0 aromatic heterocycles. The minimum absolute atomic E-state index is 0.189. The summed E-state index contributed by atoms with van der Waals surface area (Å²) in [4.78, 5) is 10.9. The van der Waals surface area contributed by atoms with Crippen molar-refractivity contribution in [3.05, 3.63) is 11.6 Å². The van der Waals surface area contributed by atoms with E-state index in [1.54, 1.807) is 6.08 Å². The highest BCUT2D eigenvalue weighted by Crippen LogP contribution is 2.32. The molecule has 1 heterocycles. The number of hydrogen-bond acceptors (Lipinski definition) is 2. The van der Waals surface area contributed by atoms with Gasteiger partial charge in [-0.05, 0) is 25.3 Å². The van der Waals surface area contributed by atoms with Gasteiger partial charge in [0.1, 0.15) is 5.60 Å². The van der Waals surface area contributed by atoms with Gasteiger partial charge in [-0.1, -0.05) is 13.8 Å². The third kappa shape index (κ3) is 1.30. The summed E-state index contributed by atoms with van der Waals surface area (Å²) in [6.07, 6.45) is 3.37. The average Bonchev–Trinajstić information content (AvgIpc) is 2.27. The minimum atomic E-state index is -0.314. The fourth-order valence-corrected chi connectivity index (χ4v) is 1.39. The highest BCUT2D eigenvalue weighted by molar-refractivity contribution is 5.86. The van der Waals surface area contributed by atoms with Crippen LogP contribution in [0.25, 0.3) is 0 Å². The van der Waals surface area contributed by atoms with Gasteiger partial charge in [-0.25, -0.2) is 4.79 Å². The predicted octanol–water partition coefficient (Wildman–Crippen LogP) is 2.05. The Hall–Kier alpha value is -0.790. The molecule has 0 spiro atoms. The van der Waals surface area contributed by atoms with Gasteiger partial charge in [-0.15, -0.1) is 0 Å². The topological polar surface area (TPSA) is 26.3 Å². The normalized spacial score (nSPS) is 30.1. The zero-order valence-electron chi connectivity index (χ0n) is 7.31. The largest absolute Gasteiger partial charge is 0.452 e. The van der Waals surface area contributed by atoms with E-state index in [1.807, 2.05) is 20.8 Å². The van der Waals surface area contributed by atoms with E-state index in [2.05, 4.69) is 0 Å². The summed E-state index contributed by atoms with van der Waals surface area (Å²) in [7, 11) is 0. The Bertz CT molecular complexity index is 206. The van der Waals surface area contributed by atoms with Crippen LogP contribution in [0, 0.1) is 0 Å². The lowest BCUT2D eigenvalue weighted by molar-refractivity contribution is -0.145. The molecule has 2 heteroatoms. The van der Waals surface area contributed by atoms with Gasteiger partial charge in [-0.3, -0.25) is 0 Å². The molecule has 1 atom stereocenters. The summed E-state index contributed by atoms with van der Waals surface area (Å²) < 4.78 is 5.17. The number of esters is 1. The van der Waals surface area contributed by atoms with E-state index in [-0.39, 0.29) is 11.6 Å². The summed E-state index contributed by atoms with van der Waals surface area (Å²) in [5.41, 5.74) is 0.802. The molecule has 0 aromatic rings. The highest BCUT2D eigenvalue weighted by atomic mass is 16.6. The predicted molar refractivity (Wildman–Crippen MR) is 43.2 cm³/mol. The van der Waals surface area contributed by atoms with Crippen LogP contribution in [-0.2, 0) is 9.53 Å². The van der Waals surface area contributed by atoms with Crippen LogP contribution in [0.1, 0.15) is 33.6 Å². The van der Waals surface area contributed by atoms with Crippen LogP contribution in [-0.4, -0.2) is 11.6 Å². The summed E-state index contributed by atoms with van der Waals surface area (Å²) in [6.45, 7) is 6.04. The van der Waals surface area contributed by atoms with Gasteiger partial charge in [0.15, 0.2) is 0 Å². The SMILES string of the molecule is CCC1=CC(=O)OC1(C)CC. The van der Waals surface area contributed by atoms with Gasteiger partial charge in [0.25, 0.3) is 0 Å². The Morgan fingerprint density at radius 3 is 2.55 bits per heavy atom. The van der Waals surface area contributed by atoms with Gasteiger partial charge in [0.05, 0.1) is 0 Å². The number of hydrogen-bond donors (Lipinski definition) is 0. The van der Waals surface area contributed by atoms with E-state index in [9.17, 15) is 4.79 Å². The van der Waals surface area contributed by atoms with Crippen molar-refractivity contribution in [2.75, 3.05) is 0 Å². The molecule has 0 radical (unpaired) electrons. The minimum Gasteiger partial charge on any atom is -0.452 e. The molecule has 0 aromatic carbocycles. The molecule has 1 unspecified atom stereocenters. The van der Waals surface area contributed by atoms with Gasteiger partial charge in [0.2, 0.25) is 0 Å². The molecule has 1 aliphatic rings. The number of carbonyl (C=O) groups is 1. The molecule has 0 aliphatic carbocycles. The second-order valence-corrected chi connectivity index (χ2v) is 3.03. The van der Waals surface area contributed by atoms with Crippen LogP contribution < -0.4 is 0 Å². The summed E-state index contributed by atoms with van der Waals surface area (Å²) >= 11 is 0. The van der Waals surface area contributed by atoms with Gasteiger partial charge in [-0.2, -0.15) is 0 Å². The molecule has 0 fully saturated rings. The van der Waals surface area contributed by atoms with Crippen LogP contribution in [0.15, 0.2) is 11.6 Å². The quantitative estimate of drug-likeness (QED) is 0.569.